The minimum Gasteiger partial charge on any atom is -0.392 e. The Morgan fingerprint density at radius 3 is 2.68 bits per heavy atom. The first-order chi connectivity index (χ1) is 12.4. The Balaban J connectivity index is 3.04. The molecule has 0 heterocycles. The Hall–Kier alpha value is -1.60. The van der Waals surface area contributed by atoms with Gasteiger partial charge in [-0.2, -0.15) is 0 Å². The molecule has 3 N–H and O–H groups in total. The maximum Gasteiger partial charge on any atom is 0.328 e. The van der Waals surface area contributed by atoms with E-state index < -0.39 is 47.0 Å². The molecule has 0 unspecified atom stereocenters. The van der Waals surface area contributed by atoms with Crippen LogP contribution in [0.5, 0.6) is 0 Å². The van der Waals surface area contributed by atoms with Crippen molar-refractivity contribution in [3.8, 4) is 0 Å². The Morgan fingerprint density at radius 2 is 2.11 bits per heavy atom. The molecule has 0 radical (unpaired) electrons. The van der Waals surface area contributed by atoms with E-state index in [1.54, 1.807) is 0 Å². The van der Waals surface area contributed by atoms with Crippen molar-refractivity contribution >= 4 is 16.1 Å². The Morgan fingerprint density at radius 1 is 1.42 bits per heavy atom. The van der Waals surface area contributed by atoms with E-state index in [0.717, 1.165) is 12.1 Å². The zero-order chi connectivity index (χ0) is 22.2. The summed E-state index contributed by atoms with van der Waals surface area (Å²) in [5.41, 5.74) is 0.389. The van der Waals surface area contributed by atoms with Crippen LogP contribution in [-0.4, -0.2) is 26.1 Å². The molecule has 1 rings (SSSR count). The monoisotopic (exact) mass is 295 g/mol. The van der Waals surface area contributed by atoms with Gasteiger partial charge in [-0.1, -0.05) is 25.4 Å². The van der Waals surface area contributed by atoms with E-state index in [4.69, 9.17) is 17.4 Å². The van der Waals surface area contributed by atoms with Gasteiger partial charge in [-0.05, 0) is 24.1 Å². The van der Waals surface area contributed by atoms with E-state index in [1.807, 2.05) is 0 Å². The second kappa shape index (κ2) is 7.10. The van der Waals surface area contributed by atoms with Gasteiger partial charge in [-0.15, -0.1) is 0 Å². The molecule has 0 saturated heterocycles. The number of urea groups is 1. The van der Waals surface area contributed by atoms with E-state index in [-0.39, 0.29) is 6.61 Å². The number of sulfonamides is 1. The average molecular weight is 295 g/mol. The predicted molar refractivity (Wildman–Crippen MR) is 71.0 cm³/mol. The highest BCUT2D eigenvalue weighted by atomic mass is 32.2. The molecular formula is C12H18N2O4S. The van der Waals surface area contributed by atoms with Crippen molar-refractivity contribution in [3.05, 3.63) is 29.8 Å². The molecule has 0 saturated carbocycles. The van der Waals surface area contributed by atoms with Crippen LogP contribution < -0.4 is 10.0 Å². The van der Waals surface area contributed by atoms with Crippen LogP contribution in [0.2, 0.25) is 0 Å². The molecular weight excluding hydrogens is 268 g/mol. The zero-order valence-electron chi connectivity index (χ0n) is 18.6. The van der Waals surface area contributed by atoms with Crippen LogP contribution in [0.3, 0.4) is 0 Å². The van der Waals surface area contributed by atoms with Crippen molar-refractivity contribution in [2.75, 3.05) is 6.50 Å². The molecule has 2 amide bonds. The van der Waals surface area contributed by atoms with Crippen molar-refractivity contribution in [2.24, 2.45) is 0 Å². The van der Waals surface area contributed by atoms with E-state index in [9.17, 15) is 13.2 Å². The van der Waals surface area contributed by atoms with Gasteiger partial charge in [-0.3, -0.25) is 0 Å². The largest absolute Gasteiger partial charge is 0.392 e. The molecule has 0 aliphatic carbocycles. The fourth-order valence-electron chi connectivity index (χ4n) is 1.10. The molecule has 7 heteroatoms. The van der Waals surface area contributed by atoms with Gasteiger partial charge in [0.25, 0.3) is 10.0 Å². The average Bonchev–Trinajstić information content (AvgIpc) is 2.52. The van der Waals surface area contributed by atoms with Crippen LogP contribution in [0, 0.1) is 0 Å². The topological polar surface area (TPSA) is 95.5 Å². The van der Waals surface area contributed by atoms with Crippen LogP contribution in [0.25, 0.3) is 0 Å². The van der Waals surface area contributed by atoms with Gasteiger partial charge in [0.05, 0.1) is 11.5 Å². The number of carbonyl (C=O) groups excluding carboxylic acids is 1. The number of hydrogen-bond acceptors (Lipinski definition) is 4. The lowest BCUT2D eigenvalue weighted by molar-refractivity contribution is 0.245. The zero-order valence-corrected chi connectivity index (χ0v) is 10.4. The first kappa shape index (κ1) is 6.71. The van der Waals surface area contributed by atoms with Crippen molar-refractivity contribution < 1.29 is 30.7 Å². The lowest BCUT2D eigenvalue weighted by atomic mass is 10.2. The Labute approximate surface area is 125 Å². The molecule has 19 heavy (non-hydrogen) atoms. The fraction of sp³-hybridized carbons (Fsp3) is 0.417. The highest BCUT2D eigenvalue weighted by Gasteiger charge is 2.16. The van der Waals surface area contributed by atoms with E-state index >= 15 is 0 Å². The summed E-state index contributed by atoms with van der Waals surface area (Å²) in [5.74, 6) is 0. The molecule has 1 aromatic rings. The van der Waals surface area contributed by atoms with Gasteiger partial charge >= 0.3 is 6.03 Å². The van der Waals surface area contributed by atoms with Crippen LogP contribution in [0.15, 0.2) is 29.2 Å². The SMILES string of the molecule is [2H]C([2H])([2H])C([2H])([2H])C([2H])([2H])C([2H])([2H])NC(=O)NS(=O)(=O)c1ccc(CO)cc1. The second-order valence-corrected chi connectivity index (χ2v) is 4.92. The van der Waals surface area contributed by atoms with Crippen molar-refractivity contribution in [2.45, 2.75) is 31.1 Å². The predicted octanol–water partition coefficient (Wildman–Crippen LogP) is 0.967. The molecule has 0 bridgehead atoms. The first-order valence-corrected chi connectivity index (χ1v) is 6.42. The van der Waals surface area contributed by atoms with Gasteiger partial charge in [0, 0.05) is 18.8 Å². The number of benzene rings is 1. The number of carbonyl (C=O) groups is 1. The molecule has 0 spiro atoms. The van der Waals surface area contributed by atoms with Gasteiger partial charge < -0.3 is 10.4 Å². The normalized spacial score (nSPS) is 21.0. The third-order valence-electron chi connectivity index (χ3n) is 1.94. The lowest BCUT2D eigenvalue weighted by Crippen LogP contribution is -2.39. The number of aliphatic hydroxyl groups is 1. The Kier molecular flexibility index (Phi) is 2.51. The molecule has 0 aliphatic heterocycles. The van der Waals surface area contributed by atoms with Crippen LogP contribution in [0.4, 0.5) is 4.79 Å². The number of nitrogens with one attached hydrogen (secondary N) is 2. The number of rotatable bonds is 6. The standard InChI is InChI=1S/C12H18N2O4S/c1-2-3-8-13-12(16)14-19(17,18)11-6-4-10(9-15)5-7-11/h4-7,15H,2-3,8-9H2,1H3,(H2,13,14,16)/i1D3,2D2,3D2,8D2. The number of aliphatic hydroxyl groups excluding tert-OH is 1. The maximum absolute atomic E-state index is 12.1. The minimum atomic E-state index is -4.50. The molecule has 1 aromatic carbocycles. The number of amides is 2. The third kappa shape index (κ3) is 4.88. The van der Waals surface area contributed by atoms with Gasteiger partial charge in [0.15, 0.2) is 0 Å². The fourth-order valence-corrected chi connectivity index (χ4v) is 2.01. The summed E-state index contributed by atoms with van der Waals surface area (Å²) in [6, 6.07) is 2.90. The summed E-state index contributed by atoms with van der Waals surface area (Å²) in [4.78, 5) is 11.5. The summed E-state index contributed by atoms with van der Waals surface area (Å²) in [6.45, 7) is -7.51. The van der Waals surface area contributed by atoms with Crippen molar-refractivity contribution in [1.82, 2.24) is 10.0 Å². The van der Waals surface area contributed by atoms with Gasteiger partial charge in [0.2, 0.25) is 0 Å². The van der Waals surface area contributed by atoms with Crippen LogP contribution in [-0.2, 0) is 16.6 Å². The second-order valence-electron chi connectivity index (χ2n) is 3.24. The first-order valence-electron chi connectivity index (χ1n) is 9.44. The highest BCUT2D eigenvalue weighted by Crippen LogP contribution is 2.10. The van der Waals surface area contributed by atoms with Crippen LogP contribution in [0.1, 0.15) is 37.5 Å². The van der Waals surface area contributed by atoms with E-state index in [1.165, 1.54) is 22.2 Å². The van der Waals surface area contributed by atoms with Gasteiger partial charge in [-0.25, -0.2) is 17.9 Å². The summed E-state index contributed by atoms with van der Waals surface area (Å²) in [5, 5.41) is 10.2. The van der Waals surface area contributed by atoms with E-state index in [0.29, 0.717) is 5.56 Å². The van der Waals surface area contributed by atoms with Gasteiger partial charge in [0.1, 0.15) is 0 Å². The minimum absolute atomic E-state index is 0.352. The quantitative estimate of drug-likeness (QED) is 0.728. The van der Waals surface area contributed by atoms with E-state index in [2.05, 4.69) is 0 Å². The third-order valence-corrected chi connectivity index (χ3v) is 3.29. The van der Waals surface area contributed by atoms with Crippen molar-refractivity contribution in [1.29, 1.82) is 0 Å². The maximum atomic E-state index is 12.1. The summed E-state index contributed by atoms with van der Waals surface area (Å²) in [7, 11) is -4.50. The smallest absolute Gasteiger partial charge is 0.328 e. The molecule has 0 atom stereocenters. The summed E-state index contributed by atoms with van der Waals surface area (Å²) in [6.07, 6.45) is -7.47. The Bertz CT molecular complexity index is 822. The highest BCUT2D eigenvalue weighted by molar-refractivity contribution is 7.90. The molecule has 106 valence electrons. The van der Waals surface area contributed by atoms with Crippen molar-refractivity contribution in [3.63, 3.8) is 0 Å². The molecule has 0 aromatic heterocycles. The lowest BCUT2D eigenvalue weighted by Gasteiger charge is -2.08. The van der Waals surface area contributed by atoms with Crippen LogP contribution >= 0.6 is 0 Å². The molecule has 6 nitrogen and oxygen atoms in total. The summed E-state index contributed by atoms with van der Waals surface area (Å²) < 4.78 is 91.9. The molecule has 0 aliphatic rings. The summed E-state index contributed by atoms with van der Waals surface area (Å²) >= 11 is 0. The number of hydrogen-bond donors (Lipinski definition) is 3. The molecule has 0 fully saturated rings.